The summed E-state index contributed by atoms with van der Waals surface area (Å²) in [5.41, 5.74) is 0.0447. The van der Waals surface area contributed by atoms with Gasteiger partial charge in [-0.2, -0.15) is 10.5 Å². The van der Waals surface area contributed by atoms with Crippen LogP contribution in [-0.4, -0.2) is 16.7 Å². The van der Waals surface area contributed by atoms with Gasteiger partial charge in [0.05, 0.1) is 24.2 Å². The fraction of sp³-hybridized carbons (Fsp3) is 0.452. The summed E-state index contributed by atoms with van der Waals surface area (Å²) in [6.45, 7) is 0. The molecule has 4 nitrogen and oxygen atoms in total. The topological polar surface area (TPSA) is 67.9 Å². The third-order valence-corrected chi connectivity index (χ3v) is 10.0. The Balaban J connectivity index is 1.44. The molecule has 4 aliphatic carbocycles. The third-order valence-electron chi connectivity index (χ3n) is 10.0. The Morgan fingerprint density at radius 1 is 0.889 bits per heavy atom. The van der Waals surface area contributed by atoms with Crippen molar-refractivity contribution in [2.75, 3.05) is 0 Å². The number of nitrogens with zero attached hydrogens (tertiary/aromatic N) is 3. The van der Waals surface area contributed by atoms with Crippen LogP contribution in [-0.2, 0) is 4.79 Å². The number of fused-ring (bicyclic) bond motifs is 3. The molecule has 0 spiro atoms. The van der Waals surface area contributed by atoms with Crippen molar-refractivity contribution in [3.8, 4) is 12.1 Å². The molecule has 8 rings (SSSR count). The zero-order valence-corrected chi connectivity index (χ0v) is 20.1. The Kier molecular flexibility index (Phi) is 4.56. The lowest BCUT2D eigenvalue weighted by molar-refractivity contribution is -0.148. The lowest BCUT2D eigenvalue weighted by Gasteiger charge is -2.57. The van der Waals surface area contributed by atoms with E-state index in [0.29, 0.717) is 23.3 Å². The Labute approximate surface area is 211 Å². The van der Waals surface area contributed by atoms with Crippen molar-refractivity contribution < 1.29 is 9.18 Å². The second kappa shape index (κ2) is 7.53. The van der Waals surface area contributed by atoms with Gasteiger partial charge in [-0.25, -0.2) is 4.39 Å². The van der Waals surface area contributed by atoms with Gasteiger partial charge in [-0.15, -0.1) is 0 Å². The Morgan fingerprint density at radius 2 is 1.47 bits per heavy atom. The highest BCUT2D eigenvalue weighted by atomic mass is 19.1. The van der Waals surface area contributed by atoms with Crippen LogP contribution in [0.3, 0.4) is 0 Å². The predicted octanol–water partition coefficient (Wildman–Crippen LogP) is 6.14. The molecule has 2 aromatic rings. The van der Waals surface area contributed by atoms with Gasteiger partial charge >= 0.3 is 0 Å². The second-order valence-electron chi connectivity index (χ2n) is 11.9. The molecule has 180 valence electrons. The van der Waals surface area contributed by atoms with Gasteiger partial charge in [-0.3, -0.25) is 4.79 Å². The van der Waals surface area contributed by atoms with Crippen LogP contribution in [0.25, 0.3) is 6.08 Å². The van der Waals surface area contributed by atoms with Gasteiger partial charge in [0.1, 0.15) is 5.82 Å². The third kappa shape index (κ3) is 2.75. The van der Waals surface area contributed by atoms with E-state index in [1.54, 1.807) is 18.2 Å². The molecule has 0 N–H and O–H groups in total. The number of benzene rings is 2. The molecule has 0 radical (unpaired) electrons. The number of carbonyl (C=O) groups excluding carboxylic acids is 1. The highest BCUT2D eigenvalue weighted by Gasteiger charge is 2.67. The highest BCUT2D eigenvalue weighted by Crippen LogP contribution is 2.65. The number of rotatable bonds is 3. The molecule has 0 unspecified atom stereocenters. The van der Waals surface area contributed by atoms with Gasteiger partial charge in [0.15, 0.2) is 11.2 Å². The molecule has 1 saturated heterocycles. The summed E-state index contributed by atoms with van der Waals surface area (Å²) in [7, 11) is 0. The van der Waals surface area contributed by atoms with Crippen LogP contribution in [0, 0.1) is 57.1 Å². The lowest BCUT2D eigenvalue weighted by atomic mass is 9.47. The van der Waals surface area contributed by atoms with Crippen molar-refractivity contribution in [1.29, 1.82) is 10.5 Å². The quantitative estimate of drug-likeness (QED) is 0.533. The minimum absolute atomic E-state index is 0.122. The minimum atomic E-state index is -1.61. The van der Waals surface area contributed by atoms with Gasteiger partial charge in [0.2, 0.25) is 0 Å². The number of hydrogen-bond donors (Lipinski definition) is 0. The molecule has 6 aliphatic rings. The van der Waals surface area contributed by atoms with E-state index in [1.807, 2.05) is 41.4 Å². The van der Waals surface area contributed by atoms with E-state index in [1.165, 1.54) is 25.3 Å². The van der Waals surface area contributed by atoms with Crippen molar-refractivity contribution in [3.63, 3.8) is 0 Å². The first-order chi connectivity index (χ1) is 17.5. The zero-order valence-electron chi connectivity index (χ0n) is 20.1. The zero-order chi connectivity index (χ0) is 24.7. The summed E-state index contributed by atoms with van der Waals surface area (Å²) < 4.78 is 15.5. The fourth-order valence-corrected chi connectivity index (χ4v) is 9.09. The van der Waals surface area contributed by atoms with Crippen LogP contribution in [0.2, 0.25) is 0 Å². The first-order valence-corrected chi connectivity index (χ1v) is 13.2. The molecule has 2 heterocycles. The maximum Gasteiger partial charge on any atom is 0.177 e. The highest BCUT2D eigenvalue weighted by molar-refractivity contribution is 5.93. The summed E-state index contributed by atoms with van der Waals surface area (Å²) in [5, 5.41) is 21.4. The average Bonchev–Trinajstić information content (AvgIpc) is 3.18. The molecule has 4 bridgehead atoms. The summed E-state index contributed by atoms with van der Waals surface area (Å²) in [6, 6.07) is 17.4. The molecule has 2 aromatic carbocycles. The van der Waals surface area contributed by atoms with Crippen LogP contribution in [0.4, 0.5) is 4.39 Å². The van der Waals surface area contributed by atoms with E-state index in [4.69, 9.17) is 0 Å². The monoisotopic (exact) mass is 477 g/mol. The number of hydrogen-bond acceptors (Lipinski definition) is 4. The first-order valence-electron chi connectivity index (χ1n) is 13.2. The van der Waals surface area contributed by atoms with Gasteiger partial charge in [0, 0.05) is 17.5 Å². The largest absolute Gasteiger partial charge is 0.357 e. The normalized spacial score (nSPS) is 36.6. The van der Waals surface area contributed by atoms with Crippen molar-refractivity contribution >= 4 is 11.9 Å². The van der Waals surface area contributed by atoms with Gasteiger partial charge < -0.3 is 4.90 Å². The van der Waals surface area contributed by atoms with Gasteiger partial charge in [0.25, 0.3) is 0 Å². The van der Waals surface area contributed by atoms with Crippen LogP contribution in [0.5, 0.6) is 0 Å². The molecular weight excluding hydrogens is 449 g/mol. The van der Waals surface area contributed by atoms with Crippen molar-refractivity contribution in [2.24, 2.45) is 28.6 Å². The number of halogens is 1. The molecule has 4 saturated carbocycles. The average molecular weight is 478 g/mol. The molecule has 0 aromatic heterocycles. The van der Waals surface area contributed by atoms with Crippen LogP contribution in [0.1, 0.15) is 67.2 Å². The molecule has 2 aliphatic heterocycles. The SMILES string of the molecule is N#CC1(C#N)[C@H](c2ccccc2F)[C@H](C(=O)C23CC4CC(CC(C4)C2)C3)N2C=Cc3ccccc3[C@H]21. The Bertz CT molecular complexity index is 1330. The summed E-state index contributed by atoms with van der Waals surface area (Å²) in [4.78, 5) is 16.8. The predicted molar refractivity (Wildman–Crippen MR) is 132 cm³/mol. The Morgan fingerprint density at radius 3 is 2.08 bits per heavy atom. The Hall–Kier alpha value is -3.44. The van der Waals surface area contributed by atoms with Gasteiger partial charge in [-0.05, 0) is 85.1 Å². The number of Topliss-reactive ketones (excluding diaryl/α,β-unsaturated/α-hetero) is 1. The molecular formula is C31H28FN3O. The minimum Gasteiger partial charge on any atom is -0.357 e. The standard InChI is InChI=1S/C31H28FN3O/c32-25-8-4-3-7-24(25)26-27(29(36)30-14-19-11-20(15-30)13-21(12-19)16-30)35-10-9-22-5-1-2-6-23(22)28(35)31(26,17-33)18-34/h1-10,19-21,26-28H,11-16H2/t19?,20?,21?,26-,27-,28+,30?/m1/s1. The van der Waals surface area contributed by atoms with E-state index in [9.17, 15) is 15.3 Å². The van der Waals surface area contributed by atoms with Crippen molar-refractivity contribution in [3.05, 3.63) is 77.2 Å². The first kappa shape index (κ1) is 21.8. The number of ketones is 1. The molecule has 5 heteroatoms. The van der Waals surface area contributed by atoms with Crippen LogP contribution in [0.15, 0.2) is 54.7 Å². The summed E-state index contributed by atoms with van der Waals surface area (Å²) >= 11 is 0. The maximum absolute atomic E-state index is 15.5. The van der Waals surface area contributed by atoms with Crippen molar-refractivity contribution in [2.45, 2.75) is 56.5 Å². The smallest absolute Gasteiger partial charge is 0.177 e. The van der Waals surface area contributed by atoms with E-state index in [2.05, 4.69) is 12.1 Å². The molecule has 0 amide bonds. The number of carbonyl (C=O) groups is 1. The number of nitriles is 2. The van der Waals surface area contributed by atoms with E-state index in [0.717, 1.165) is 30.4 Å². The molecule has 3 atom stereocenters. The fourth-order valence-electron chi connectivity index (χ4n) is 9.09. The maximum atomic E-state index is 15.5. The van der Waals surface area contributed by atoms with E-state index in [-0.39, 0.29) is 5.78 Å². The van der Waals surface area contributed by atoms with Gasteiger partial charge in [-0.1, -0.05) is 42.5 Å². The summed E-state index contributed by atoms with van der Waals surface area (Å²) in [5.74, 6) is 0.528. The second-order valence-corrected chi connectivity index (χ2v) is 11.9. The van der Waals surface area contributed by atoms with Crippen LogP contribution >= 0.6 is 0 Å². The lowest BCUT2D eigenvalue weighted by Crippen LogP contribution is -2.55. The van der Waals surface area contributed by atoms with Crippen molar-refractivity contribution in [1.82, 2.24) is 4.90 Å². The summed E-state index contributed by atoms with van der Waals surface area (Å²) in [6.07, 6.45) is 10.2. The van der Waals surface area contributed by atoms with E-state index >= 15 is 4.39 Å². The molecule has 36 heavy (non-hydrogen) atoms. The van der Waals surface area contributed by atoms with Crippen LogP contribution < -0.4 is 0 Å². The molecule has 5 fully saturated rings. The van der Waals surface area contributed by atoms with E-state index < -0.39 is 34.6 Å².